The fraction of sp³-hybridized carbons (Fsp3) is 0.846. The molecule has 0 radical (unpaired) electrons. The lowest BCUT2D eigenvalue weighted by molar-refractivity contribution is -0.139. The van der Waals surface area contributed by atoms with E-state index in [9.17, 15) is 9.59 Å². The monoisotopic (exact) mass is 272 g/mol. The molecule has 19 heavy (non-hydrogen) atoms. The van der Waals surface area contributed by atoms with Crippen LogP contribution < -0.4 is 11.1 Å². The predicted octanol–water partition coefficient (Wildman–Crippen LogP) is 1.63. The molecular formula is C13H24N2O4. The molecule has 110 valence electrons. The van der Waals surface area contributed by atoms with Crippen LogP contribution in [0.4, 0.5) is 4.79 Å². The van der Waals surface area contributed by atoms with Crippen LogP contribution in [0.3, 0.4) is 0 Å². The van der Waals surface area contributed by atoms with Gasteiger partial charge in [0.25, 0.3) is 0 Å². The maximum absolute atomic E-state index is 11.9. The van der Waals surface area contributed by atoms with Gasteiger partial charge < -0.3 is 20.9 Å². The van der Waals surface area contributed by atoms with Gasteiger partial charge in [-0.05, 0) is 46.5 Å². The number of hydrogen-bond acceptors (Lipinski definition) is 4. The van der Waals surface area contributed by atoms with Gasteiger partial charge in [0.15, 0.2) is 0 Å². The third-order valence-corrected chi connectivity index (χ3v) is 3.14. The number of carboxylic acids is 1. The topological polar surface area (TPSA) is 102 Å². The summed E-state index contributed by atoms with van der Waals surface area (Å²) in [6, 6.07) is -0.0805. The molecule has 2 atom stereocenters. The van der Waals surface area contributed by atoms with Crippen LogP contribution in [0, 0.1) is 0 Å². The van der Waals surface area contributed by atoms with E-state index in [1.165, 1.54) is 0 Å². The Hall–Kier alpha value is -1.30. The molecule has 4 N–H and O–H groups in total. The number of amides is 1. The molecule has 0 heterocycles. The molecule has 0 spiro atoms. The number of rotatable bonds is 3. The van der Waals surface area contributed by atoms with Crippen LogP contribution in [0.1, 0.15) is 52.9 Å². The molecule has 0 bridgehead atoms. The molecule has 0 saturated heterocycles. The van der Waals surface area contributed by atoms with Gasteiger partial charge in [-0.15, -0.1) is 0 Å². The lowest BCUT2D eigenvalue weighted by Crippen LogP contribution is -2.55. The number of carboxylic acid groups (broad SMARTS) is 1. The zero-order chi connectivity index (χ0) is 14.7. The lowest BCUT2D eigenvalue weighted by Gasteiger charge is -2.39. The molecule has 1 fully saturated rings. The first-order valence-electron chi connectivity index (χ1n) is 6.60. The first kappa shape index (κ1) is 15.8. The van der Waals surface area contributed by atoms with Crippen LogP contribution in [0.2, 0.25) is 0 Å². The van der Waals surface area contributed by atoms with Gasteiger partial charge >= 0.3 is 12.1 Å². The zero-order valence-electron chi connectivity index (χ0n) is 11.9. The number of nitrogens with one attached hydrogen (secondary N) is 1. The highest BCUT2D eigenvalue weighted by molar-refractivity contribution is 5.73. The summed E-state index contributed by atoms with van der Waals surface area (Å²) in [5, 5.41) is 11.8. The van der Waals surface area contributed by atoms with Gasteiger partial charge in [0.2, 0.25) is 0 Å². The smallest absolute Gasteiger partial charge is 0.408 e. The van der Waals surface area contributed by atoms with Crippen LogP contribution in [0.5, 0.6) is 0 Å². The van der Waals surface area contributed by atoms with Gasteiger partial charge in [0, 0.05) is 6.04 Å². The maximum Gasteiger partial charge on any atom is 0.408 e. The number of carbonyl (C=O) groups is 2. The van der Waals surface area contributed by atoms with Gasteiger partial charge in [-0.25, -0.2) is 4.79 Å². The third-order valence-electron chi connectivity index (χ3n) is 3.14. The number of hydrogen-bond donors (Lipinski definition) is 3. The molecule has 1 aliphatic rings. The van der Waals surface area contributed by atoms with Gasteiger partial charge in [-0.3, -0.25) is 4.79 Å². The van der Waals surface area contributed by atoms with Crippen molar-refractivity contribution in [2.75, 3.05) is 0 Å². The van der Waals surface area contributed by atoms with Gasteiger partial charge in [0.05, 0.1) is 12.0 Å². The molecule has 0 aromatic heterocycles. The molecule has 0 aromatic rings. The minimum Gasteiger partial charge on any atom is -0.481 e. The lowest BCUT2D eigenvalue weighted by atomic mass is 9.77. The van der Waals surface area contributed by atoms with E-state index in [1.54, 1.807) is 20.8 Å². The molecule has 6 nitrogen and oxygen atoms in total. The molecule has 1 aliphatic carbocycles. The van der Waals surface area contributed by atoms with E-state index in [0.29, 0.717) is 12.8 Å². The van der Waals surface area contributed by atoms with E-state index in [-0.39, 0.29) is 12.5 Å². The predicted molar refractivity (Wildman–Crippen MR) is 70.8 cm³/mol. The van der Waals surface area contributed by atoms with E-state index in [1.807, 2.05) is 0 Å². The number of alkyl carbamates (subject to hydrolysis) is 1. The highest BCUT2D eigenvalue weighted by Gasteiger charge is 2.39. The van der Waals surface area contributed by atoms with Gasteiger partial charge in [-0.2, -0.15) is 0 Å². The van der Waals surface area contributed by atoms with E-state index < -0.39 is 23.2 Å². The van der Waals surface area contributed by atoms with Crippen molar-refractivity contribution in [3.05, 3.63) is 0 Å². The zero-order valence-corrected chi connectivity index (χ0v) is 11.9. The highest BCUT2D eigenvalue weighted by atomic mass is 16.6. The Kier molecular flexibility index (Phi) is 4.79. The van der Waals surface area contributed by atoms with Crippen molar-refractivity contribution in [1.29, 1.82) is 0 Å². The number of ether oxygens (including phenoxy) is 1. The van der Waals surface area contributed by atoms with E-state index in [4.69, 9.17) is 15.6 Å². The van der Waals surface area contributed by atoms with Crippen LogP contribution in [0.15, 0.2) is 0 Å². The molecule has 1 amide bonds. The van der Waals surface area contributed by atoms with Crippen molar-refractivity contribution in [2.24, 2.45) is 5.73 Å². The number of nitrogens with two attached hydrogens (primary N) is 1. The van der Waals surface area contributed by atoms with Crippen molar-refractivity contribution in [3.63, 3.8) is 0 Å². The Morgan fingerprint density at radius 3 is 2.58 bits per heavy atom. The van der Waals surface area contributed by atoms with Crippen LogP contribution in [-0.2, 0) is 9.53 Å². The summed E-state index contributed by atoms with van der Waals surface area (Å²) >= 11 is 0. The van der Waals surface area contributed by atoms with Gasteiger partial charge in [0.1, 0.15) is 5.60 Å². The molecular weight excluding hydrogens is 248 g/mol. The average Bonchev–Trinajstić information content (AvgIpc) is 2.11. The van der Waals surface area contributed by atoms with Crippen molar-refractivity contribution in [3.8, 4) is 0 Å². The molecule has 1 saturated carbocycles. The summed E-state index contributed by atoms with van der Waals surface area (Å²) in [5.74, 6) is -0.940. The Bertz CT molecular complexity index is 351. The summed E-state index contributed by atoms with van der Waals surface area (Å²) in [5.41, 5.74) is 4.51. The maximum atomic E-state index is 11.9. The largest absolute Gasteiger partial charge is 0.481 e. The quantitative estimate of drug-likeness (QED) is 0.724. The summed E-state index contributed by atoms with van der Waals surface area (Å²) in [6.45, 7) is 5.30. The van der Waals surface area contributed by atoms with E-state index in [0.717, 1.165) is 12.8 Å². The molecule has 2 unspecified atom stereocenters. The third kappa shape index (κ3) is 5.46. The Balaban J connectivity index is 2.74. The van der Waals surface area contributed by atoms with Crippen LogP contribution in [0.25, 0.3) is 0 Å². The highest BCUT2D eigenvalue weighted by Crippen LogP contribution is 2.31. The minimum atomic E-state index is -0.940. The molecule has 1 rings (SSSR count). The summed E-state index contributed by atoms with van der Waals surface area (Å²) in [7, 11) is 0. The first-order valence-corrected chi connectivity index (χ1v) is 6.60. The van der Waals surface area contributed by atoms with Crippen LogP contribution >= 0.6 is 0 Å². The Morgan fingerprint density at radius 2 is 2.11 bits per heavy atom. The summed E-state index contributed by atoms with van der Waals surface area (Å²) in [6.07, 6.45) is 2.05. The number of carbonyl (C=O) groups excluding carboxylic acids is 1. The molecule has 0 aliphatic heterocycles. The van der Waals surface area contributed by atoms with Crippen LogP contribution in [-0.4, -0.2) is 34.4 Å². The van der Waals surface area contributed by atoms with Crippen molar-refractivity contribution in [1.82, 2.24) is 5.32 Å². The fourth-order valence-electron chi connectivity index (χ4n) is 2.54. The minimum absolute atomic E-state index is 0.0805. The second-order valence-corrected chi connectivity index (χ2v) is 6.33. The average molecular weight is 272 g/mol. The van der Waals surface area contributed by atoms with Crippen molar-refractivity contribution < 1.29 is 19.4 Å². The second kappa shape index (κ2) is 5.77. The van der Waals surface area contributed by atoms with Gasteiger partial charge in [-0.1, -0.05) is 0 Å². The van der Waals surface area contributed by atoms with E-state index >= 15 is 0 Å². The SMILES string of the molecule is CC(C)(C)OC(=O)NC1(CC(=O)O)CCCC(N)C1. The summed E-state index contributed by atoms with van der Waals surface area (Å²) in [4.78, 5) is 22.9. The van der Waals surface area contributed by atoms with Crippen molar-refractivity contribution >= 4 is 12.1 Å². The summed E-state index contributed by atoms with van der Waals surface area (Å²) < 4.78 is 5.20. The Labute approximate surface area is 113 Å². The first-order chi connectivity index (χ1) is 8.62. The Morgan fingerprint density at radius 1 is 1.47 bits per heavy atom. The second-order valence-electron chi connectivity index (χ2n) is 6.33. The number of aliphatic carboxylic acids is 1. The molecule has 0 aromatic carbocycles. The normalized spacial score (nSPS) is 27.7. The molecule has 6 heteroatoms. The van der Waals surface area contributed by atoms with E-state index in [2.05, 4.69) is 5.32 Å². The fourth-order valence-corrected chi connectivity index (χ4v) is 2.54. The standard InChI is InChI=1S/C13H24N2O4/c1-12(2,3)19-11(18)15-13(8-10(16)17)6-4-5-9(14)7-13/h9H,4-8,14H2,1-3H3,(H,15,18)(H,16,17). The van der Waals surface area contributed by atoms with Crippen molar-refractivity contribution in [2.45, 2.75) is 70.1 Å².